The minimum Gasteiger partial charge on any atom is -0.399 e. The number of hydrogen-bond acceptors (Lipinski definition) is 5. The number of nitrogens with one attached hydrogen (secondary N) is 1. The molecule has 1 atom stereocenters. The number of nitrogens with zero attached hydrogens (tertiary/aromatic N) is 2. The third kappa shape index (κ3) is 2.70. The molecule has 0 bridgehead atoms. The zero-order valence-electron chi connectivity index (χ0n) is 9.05. The van der Waals surface area contributed by atoms with Crippen LogP contribution in [-0.4, -0.2) is 16.5 Å². The highest BCUT2D eigenvalue weighted by Crippen LogP contribution is 2.18. The summed E-state index contributed by atoms with van der Waals surface area (Å²) in [6.45, 7) is 2.95. The van der Waals surface area contributed by atoms with E-state index in [1.54, 1.807) is 23.6 Å². The van der Waals surface area contributed by atoms with Crippen molar-refractivity contribution >= 4 is 22.8 Å². The van der Waals surface area contributed by atoms with Gasteiger partial charge in [0.05, 0.1) is 5.01 Å². The van der Waals surface area contributed by atoms with Crippen LogP contribution in [0.1, 0.15) is 17.8 Å². The van der Waals surface area contributed by atoms with Crippen LogP contribution in [0, 0.1) is 0 Å². The Bertz CT molecular complexity index is 441. The van der Waals surface area contributed by atoms with Crippen molar-refractivity contribution in [2.24, 2.45) is 0 Å². The van der Waals surface area contributed by atoms with Crippen LogP contribution < -0.4 is 11.1 Å². The molecule has 3 N–H and O–H groups in total. The van der Waals surface area contributed by atoms with Gasteiger partial charge in [0, 0.05) is 42.0 Å². The molecule has 0 radical (unpaired) electrons. The van der Waals surface area contributed by atoms with Crippen LogP contribution in [0.4, 0.5) is 11.5 Å². The molecule has 0 aromatic carbocycles. The van der Waals surface area contributed by atoms with Gasteiger partial charge in [-0.2, -0.15) is 0 Å². The number of thiazole rings is 1. The van der Waals surface area contributed by atoms with Crippen molar-refractivity contribution < 1.29 is 0 Å². The van der Waals surface area contributed by atoms with Crippen molar-refractivity contribution in [3.05, 3.63) is 34.9 Å². The molecule has 0 aliphatic heterocycles. The first-order valence-electron chi connectivity index (χ1n) is 5.10. The van der Waals surface area contributed by atoms with E-state index in [0.717, 1.165) is 23.1 Å². The molecule has 0 fully saturated rings. The molecular weight excluding hydrogens is 220 g/mol. The number of nitrogens with two attached hydrogens (primary N) is 1. The molecule has 2 heterocycles. The van der Waals surface area contributed by atoms with E-state index in [9.17, 15) is 0 Å². The Morgan fingerprint density at radius 3 is 3.00 bits per heavy atom. The molecular formula is C11H14N4S. The van der Waals surface area contributed by atoms with Crippen molar-refractivity contribution in [1.29, 1.82) is 0 Å². The SMILES string of the molecule is CC(CNc1cc(N)ccn1)c1nccs1. The number of anilines is 2. The number of hydrogen-bond donors (Lipinski definition) is 2. The summed E-state index contributed by atoms with van der Waals surface area (Å²) >= 11 is 1.67. The predicted molar refractivity (Wildman–Crippen MR) is 67.7 cm³/mol. The van der Waals surface area contributed by atoms with Crippen LogP contribution in [0.3, 0.4) is 0 Å². The Hall–Kier alpha value is -1.62. The standard InChI is InChI=1S/C11H14N4S/c1-8(11-14-4-5-16-11)7-15-10-6-9(12)2-3-13-10/h2-6,8H,7H2,1H3,(H3,12,13,15). The maximum Gasteiger partial charge on any atom is 0.127 e. The Labute approximate surface area is 98.6 Å². The van der Waals surface area contributed by atoms with E-state index in [-0.39, 0.29) is 0 Å². The van der Waals surface area contributed by atoms with Gasteiger partial charge in [0.15, 0.2) is 0 Å². The van der Waals surface area contributed by atoms with Gasteiger partial charge in [0.25, 0.3) is 0 Å². The fraction of sp³-hybridized carbons (Fsp3) is 0.273. The maximum absolute atomic E-state index is 5.67. The molecule has 0 spiro atoms. The molecule has 84 valence electrons. The van der Waals surface area contributed by atoms with Crippen molar-refractivity contribution in [1.82, 2.24) is 9.97 Å². The van der Waals surface area contributed by atoms with Crippen molar-refractivity contribution in [3.63, 3.8) is 0 Å². The summed E-state index contributed by atoms with van der Waals surface area (Å²) in [5.74, 6) is 1.19. The monoisotopic (exact) mass is 234 g/mol. The van der Waals surface area contributed by atoms with Crippen LogP contribution >= 0.6 is 11.3 Å². The van der Waals surface area contributed by atoms with Gasteiger partial charge in [0.2, 0.25) is 0 Å². The zero-order valence-corrected chi connectivity index (χ0v) is 9.87. The topological polar surface area (TPSA) is 63.8 Å². The van der Waals surface area contributed by atoms with Gasteiger partial charge in [0.1, 0.15) is 5.82 Å². The molecule has 0 aliphatic carbocycles. The molecule has 2 rings (SSSR count). The predicted octanol–water partition coefficient (Wildman–Crippen LogP) is 2.34. The van der Waals surface area contributed by atoms with Crippen LogP contribution in [0.15, 0.2) is 29.9 Å². The van der Waals surface area contributed by atoms with Gasteiger partial charge in [-0.05, 0) is 6.07 Å². The third-order valence-corrected chi connectivity index (χ3v) is 3.25. The molecule has 0 saturated carbocycles. The Morgan fingerprint density at radius 2 is 2.31 bits per heavy atom. The Kier molecular flexibility index (Phi) is 3.36. The molecule has 5 heteroatoms. The fourth-order valence-corrected chi connectivity index (χ4v) is 2.06. The van der Waals surface area contributed by atoms with Crippen molar-refractivity contribution in [2.45, 2.75) is 12.8 Å². The molecule has 0 saturated heterocycles. The van der Waals surface area contributed by atoms with E-state index in [2.05, 4.69) is 22.2 Å². The Balaban J connectivity index is 1.92. The largest absolute Gasteiger partial charge is 0.399 e. The second-order valence-corrected chi connectivity index (χ2v) is 4.55. The first kappa shape index (κ1) is 10.9. The van der Waals surface area contributed by atoms with Crippen LogP contribution in [0.2, 0.25) is 0 Å². The van der Waals surface area contributed by atoms with Gasteiger partial charge in [-0.25, -0.2) is 9.97 Å². The van der Waals surface area contributed by atoms with Crippen molar-refractivity contribution in [3.8, 4) is 0 Å². The van der Waals surface area contributed by atoms with E-state index in [1.165, 1.54) is 0 Å². The molecule has 2 aromatic heterocycles. The van der Waals surface area contributed by atoms with E-state index < -0.39 is 0 Å². The third-order valence-electron chi connectivity index (χ3n) is 2.25. The summed E-state index contributed by atoms with van der Waals surface area (Å²) in [6, 6.07) is 3.60. The van der Waals surface area contributed by atoms with E-state index >= 15 is 0 Å². The van der Waals surface area contributed by atoms with Gasteiger partial charge in [-0.3, -0.25) is 0 Å². The lowest BCUT2D eigenvalue weighted by molar-refractivity contribution is 0.792. The summed E-state index contributed by atoms with van der Waals surface area (Å²) < 4.78 is 0. The lowest BCUT2D eigenvalue weighted by Crippen LogP contribution is -2.10. The maximum atomic E-state index is 5.67. The molecule has 2 aromatic rings. The lowest BCUT2D eigenvalue weighted by atomic mass is 10.2. The highest BCUT2D eigenvalue weighted by atomic mass is 32.1. The Morgan fingerprint density at radius 1 is 1.44 bits per heavy atom. The summed E-state index contributed by atoms with van der Waals surface area (Å²) in [6.07, 6.45) is 3.53. The number of pyridine rings is 1. The van der Waals surface area contributed by atoms with Crippen LogP contribution in [0.5, 0.6) is 0 Å². The number of rotatable bonds is 4. The summed E-state index contributed by atoms with van der Waals surface area (Å²) in [7, 11) is 0. The molecule has 0 aliphatic rings. The quantitative estimate of drug-likeness (QED) is 0.852. The molecule has 1 unspecified atom stereocenters. The van der Waals surface area contributed by atoms with Gasteiger partial charge >= 0.3 is 0 Å². The highest BCUT2D eigenvalue weighted by molar-refractivity contribution is 7.09. The fourth-order valence-electron chi connectivity index (χ4n) is 1.37. The normalized spacial score (nSPS) is 12.3. The highest BCUT2D eigenvalue weighted by Gasteiger charge is 2.07. The van der Waals surface area contributed by atoms with E-state index in [0.29, 0.717) is 5.92 Å². The first-order chi connectivity index (χ1) is 7.75. The lowest BCUT2D eigenvalue weighted by Gasteiger charge is -2.10. The minimum atomic E-state index is 0.378. The number of aromatic nitrogens is 2. The number of nitrogen functional groups attached to an aromatic ring is 1. The minimum absolute atomic E-state index is 0.378. The molecule has 16 heavy (non-hydrogen) atoms. The summed E-state index contributed by atoms with van der Waals surface area (Å²) in [5, 5.41) is 6.38. The molecule has 4 nitrogen and oxygen atoms in total. The van der Waals surface area contributed by atoms with E-state index in [1.807, 2.05) is 17.6 Å². The van der Waals surface area contributed by atoms with Crippen molar-refractivity contribution in [2.75, 3.05) is 17.6 Å². The van der Waals surface area contributed by atoms with Gasteiger partial charge < -0.3 is 11.1 Å². The van der Waals surface area contributed by atoms with E-state index in [4.69, 9.17) is 5.73 Å². The van der Waals surface area contributed by atoms with Crippen LogP contribution in [-0.2, 0) is 0 Å². The summed E-state index contributed by atoms with van der Waals surface area (Å²) in [5.41, 5.74) is 6.39. The second-order valence-electron chi connectivity index (χ2n) is 3.63. The molecule has 0 amide bonds. The first-order valence-corrected chi connectivity index (χ1v) is 5.98. The van der Waals surface area contributed by atoms with Gasteiger partial charge in [-0.1, -0.05) is 6.92 Å². The van der Waals surface area contributed by atoms with Crippen LogP contribution in [0.25, 0.3) is 0 Å². The smallest absolute Gasteiger partial charge is 0.127 e. The van der Waals surface area contributed by atoms with Gasteiger partial charge in [-0.15, -0.1) is 11.3 Å². The average molecular weight is 234 g/mol. The summed E-state index contributed by atoms with van der Waals surface area (Å²) in [4.78, 5) is 8.46. The second kappa shape index (κ2) is 4.94. The zero-order chi connectivity index (χ0) is 11.4. The average Bonchev–Trinajstić information content (AvgIpc) is 2.79.